The minimum Gasteiger partial charge on any atom is -0.347 e. The van der Waals surface area contributed by atoms with Gasteiger partial charge in [0.2, 0.25) is 5.91 Å². The highest BCUT2D eigenvalue weighted by molar-refractivity contribution is 6.06. The van der Waals surface area contributed by atoms with Crippen molar-refractivity contribution >= 4 is 22.8 Å². The van der Waals surface area contributed by atoms with Gasteiger partial charge in [0.25, 0.3) is 5.91 Å². The molecule has 0 unspecified atom stereocenters. The van der Waals surface area contributed by atoms with E-state index in [1.165, 1.54) is 11.8 Å². The van der Waals surface area contributed by atoms with Crippen molar-refractivity contribution in [2.24, 2.45) is 7.05 Å². The number of alkyl halides is 1. The number of likely N-dealkylation sites (tertiary alicyclic amines) is 1. The number of pyridine rings is 1. The Morgan fingerprint density at radius 1 is 1.32 bits per heavy atom. The van der Waals surface area contributed by atoms with E-state index in [0.717, 1.165) is 0 Å². The summed E-state index contributed by atoms with van der Waals surface area (Å²) in [4.78, 5) is 30.2. The van der Waals surface area contributed by atoms with Crippen LogP contribution in [0.3, 0.4) is 0 Å². The second-order valence-corrected chi connectivity index (χ2v) is 6.65. The molecule has 0 spiro atoms. The van der Waals surface area contributed by atoms with Crippen LogP contribution in [-0.2, 0) is 11.8 Å². The Morgan fingerprint density at radius 2 is 2.04 bits per heavy atom. The van der Waals surface area contributed by atoms with Crippen LogP contribution in [0.4, 0.5) is 4.39 Å². The largest absolute Gasteiger partial charge is 0.347 e. The fourth-order valence-corrected chi connectivity index (χ4v) is 3.41. The third kappa shape index (κ3) is 3.33. The first-order chi connectivity index (χ1) is 11.8. The zero-order valence-electron chi connectivity index (χ0n) is 14.8. The average molecular weight is 347 g/mol. The second-order valence-electron chi connectivity index (χ2n) is 6.65. The molecule has 1 saturated heterocycles. The predicted molar refractivity (Wildman–Crippen MR) is 91.0 cm³/mol. The summed E-state index contributed by atoms with van der Waals surface area (Å²) < 4.78 is 15.6. The fraction of sp³-hybridized carbons (Fsp3) is 0.529. The number of carbonyl (C=O) groups is 2. The molecular weight excluding hydrogens is 325 g/mol. The van der Waals surface area contributed by atoms with Gasteiger partial charge in [-0.25, -0.2) is 9.37 Å². The molecule has 2 aromatic heterocycles. The molecule has 2 amide bonds. The van der Waals surface area contributed by atoms with E-state index in [1.54, 1.807) is 17.8 Å². The van der Waals surface area contributed by atoms with E-state index in [4.69, 9.17) is 0 Å². The van der Waals surface area contributed by atoms with Crippen LogP contribution in [0.25, 0.3) is 11.0 Å². The summed E-state index contributed by atoms with van der Waals surface area (Å²) in [5, 5.41) is 7.89. The lowest BCUT2D eigenvalue weighted by atomic mass is 10.0. The van der Waals surface area contributed by atoms with Gasteiger partial charge in [-0.3, -0.25) is 14.3 Å². The third-order valence-electron chi connectivity index (χ3n) is 4.52. The van der Waals surface area contributed by atoms with Crippen molar-refractivity contribution in [1.82, 2.24) is 25.0 Å². The number of aromatic nitrogens is 3. The molecule has 3 heterocycles. The van der Waals surface area contributed by atoms with E-state index >= 15 is 0 Å². The molecule has 0 aromatic carbocycles. The average Bonchev–Trinajstić information content (AvgIpc) is 2.80. The summed E-state index contributed by atoms with van der Waals surface area (Å²) in [7, 11) is 1.78. The van der Waals surface area contributed by atoms with E-state index in [2.05, 4.69) is 15.4 Å². The molecule has 1 aliphatic rings. The standard InChI is InChI=1S/C17H22FN5O2/c1-9-5-14(15-10(2)21-22(4)16(15)19-9)17(25)20-13-6-12(18)7-23(8-13)11(3)24/h5,12-13H,6-8H2,1-4H3,(H,20,25)/t12-,13+/m1/s1. The van der Waals surface area contributed by atoms with E-state index in [9.17, 15) is 14.0 Å². The molecule has 0 radical (unpaired) electrons. The number of hydrogen-bond acceptors (Lipinski definition) is 4. The third-order valence-corrected chi connectivity index (χ3v) is 4.52. The molecule has 2 atom stereocenters. The summed E-state index contributed by atoms with van der Waals surface area (Å²) in [5.74, 6) is -0.485. The van der Waals surface area contributed by atoms with Gasteiger partial charge < -0.3 is 10.2 Å². The molecule has 134 valence electrons. The van der Waals surface area contributed by atoms with E-state index in [1.807, 2.05) is 13.8 Å². The highest BCUT2D eigenvalue weighted by Gasteiger charge is 2.30. The van der Waals surface area contributed by atoms with Gasteiger partial charge in [0.15, 0.2) is 5.65 Å². The van der Waals surface area contributed by atoms with Crippen LogP contribution in [-0.4, -0.2) is 56.8 Å². The highest BCUT2D eigenvalue weighted by Crippen LogP contribution is 2.22. The van der Waals surface area contributed by atoms with Gasteiger partial charge in [0, 0.05) is 38.7 Å². The molecule has 1 N–H and O–H groups in total. The molecule has 1 fully saturated rings. The van der Waals surface area contributed by atoms with Gasteiger partial charge >= 0.3 is 0 Å². The van der Waals surface area contributed by atoms with Crippen LogP contribution in [0, 0.1) is 13.8 Å². The Balaban J connectivity index is 1.89. The van der Waals surface area contributed by atoms with Crippen LogP contribution in [0.15, 0.2) is 6.07 Å². The number of carbonyl (C=O) groups excluding carboxylic acids is 2. The Bertz CT molecular complexity index is 847. The molecule has 2 aromatic rings. The second kappa shape index (κ2) is 6.42. The summed E-state index contributed by atoms with van der Waals surface area (Å²) in [6, 6.07) is 1.30. The Kier molecular flexibility index (Phi) is 4.45. The number of rotatable bonds is 2. The number of aryl methyl sites for hydroxylation is 3. The first-order valence-corrected chi connectivity index (χ1v) is 8.27. The number of nitrogens with one attached hydrogen (secondary N) is 1. The molecular formula is C17H22FN5O2. The SMILES string of the molecule is CC(=O)N1C[C@H](F)C[C@H](NC(=O)c2cc(C)nc3c2c(C)nn3C)C1. The minimum absolute atomic E-state index is 0.0853. The fourth-order valence-electron chi connectivity index (χ4n) is 3.41. The lowest BCUT2D eigenvalue weighted by Gasteiger charge is -2.34. The van der Waals surface area contributed by atoms with Gasteiger partial charge in [-0.05, 0) is 19.9 Å². The van der Waals surface area contributed by atoms with Gasteiger partial charge in [-0.15, -0.1) is 0 Å². The number of fused-ring (bicyclic) bond motifs is 1. The van der Waals surface area contributed by atoms with Crippen LogP contribution < -0.4 is 5.32 Å². The normalized spacial score (nSPS) is 20.8. The van der Waals surface area contributed by atoms with Crippen LogP contribution in [0.1, 0.15) is 35.1 Å². The van der Waals surface area contributed by atoms with Crippen LogP contribution >= 0.6 is 0 Å². The number of nitrogens with zero attached hydrogens (tertiary/aromatic N) is 4. The number of hydrogen-bond donors (Lipinski definition) is 1. The smallest absolute Gasteiger partial charge is 0.252 e. The van der Waals surface area contributed by atoms with Gasteiger partial charge in [0.1, 0.15) is 6.17 Å². The van der Waals surface area contributed by atoms with Crippen molar-refractivity contribution in [1.29, 1.82) is 0 Å². The summed E-state index contributed by atoms with van der Waals surface area (Å²) in [6.45, 7) is 5.45. The molecule has 0 bridgehead atoms. The van der Waals surface area contributed by atoms with Crippen LogP contribution in [0.5, 0.6) is 0 Å². The number of amides is 2. The molecule has 0 saturated carbocycles. The number of halogens is 1. The molecule has 8 heteroatoms. The quantitative estimate of drug-likeness (QED) is 0.887. The summed E-state index contributed by atoms with van der Waals surface area (Å²) in [6.07, 6.45) is -0.934. The van der Waals surface area contributed by atoms with Crippen molar-refractivity contribution in [3.63, 3.8) is 0 Å². The van der Waals surface area contributed by atoms with Crippen LogP contribution in [0.2, 0.25) is 0 Å². The Hall–Kier alpha value is -2.51. The van der Waals surface area contributed by atoms with E-state index in [0.29, 0.717) is 34.5 Å². The first kappa shape index (κ1) is 17.3. The maximum atomic E-state index is 13.9. The lowest BCUT2D eigenvalue weighted by molar-refractivity contribution is -0.131. The molecule has 0 aliphatic carbocycles. The van der Waals surface area contributed by atoms with Crippen molar-refractivity contribution < 1.29 is 14.0 Å². The van der Waals surface area contributed by atoms with Crippen molar-refractivity contribution in [3.8, 4) is 0 Å². The summed E-state index contributed by atoms with van der Waals surface area (Å²) >= 11 is 0. The lowest BCUT2D eigenvalue weighted by Crippen LogP contribution is -2.52. The predicted octanol–water partition coefficient (Wildman–Crippen LogP) is 1.27. The van der Waals surface area contributed by atoms with Gasteiger partial charge in [-0.1, -0.05) is 0 Å². The van der Waals surface area contributed by atoms with E-state index in [-0.39, 0.29) is 24.8 Å². The Labute approximate surface area is 145 Å². The maximum absolute atomic E-state index is 13.9. The topological polar surface area (TPSA) is 80.1 Å². The maximum Gasteiger partial charge on any atom is 0.252 e. The summed E-state index contributed by atoms with van der Waals surface area (Å²) in [5.41, 5.74) is 2.54. The molecule has 1 aliphatic heterocycles. The van der Waals surface area contributed by atoms with Gasteiger partial charge in [0.05, 0.1) is 23.2 Å². The van der Waals surface area contributed by atoms with Crippen molar-refractivity contribution in [3.05, 3.63) is 23.0 Å². The van der Waals surface area contributed by atoms with Crippen molar-refractivity contribution in [2.75, 3.05) is 13.1 Å². The number of piperidine rings is 1. The molecule has 3 rings (SSSR count). The Morgan fingerprint density at radius 3 is 2.72 bits per heavy atom. The molecule has 25 heavy (non-hydrogen) atoms. The first-order valence-electron chi connectivity index (χ1n) is 8.27. The zero-order valence-corrected chi connectivity index (χ0v) is 14.8. The zero-order chi connectivity index (χ0) is 18.3. The van der Waals surface area contributed by atoms with Gasteiger partial charge in [-0.2, -0.15) is 5.10 Å². The molecule has 7 nitrogen and oxygen atoms in total. The van der Waals surface area contributed by atoms with E-state index < -0.39 is 12.2 Å². The monoisotopic (exact) mass is 347 g/mol. The minimum atomic E-state index is -1.14. The van der Waals surface area contributed by atoms with Crippen molar-refractivity contribution in [2.45, 2.75) is 39.4 Å². The highest BCUT2D eigenvalue weighted by atomic mass is 19.1.